The molecule has 2 unspecified atom stereocenters. The number of benzene rings is 1. The van der Waals surface area contributed by atoms with Crippen molar-refractivity contribution < 1.29 is 9.47 Å². The van der Waals surface area contributed by atoms with Gasteiger partial charge >= 0.3 is 0 Å². The third kappa shape index (κ3) is 3.39. The van der Waals surface area contributed by atoms with E-state index in [2.05, 4.69) is 27.8 Å². The highest BCUT2D eigenvalue weighted by atomic mass is 16.6. The van der Waals surface area contributed by atoms with Crippen molar-refractivity contribution in [2.45, 2.75) is 25.7 Å². The molecule has 156 valence electrons. The fourth-order valence-corrected chi connectivity index (χ4v) is 4.06. The van der Waals surface area contributed by atoms with E-state index in [-0.39, 0.29) is 18.2 Å². The molecule has 3 aromatic heterocycles. The summed E-state index contributed by atoms with van der Waals surface area (Å²) in [5.74, 6) is 4.53. The number of pyridine rings is 1. The third-order valence-electron chi connectivity index (χ3n) is 5.74. The van der Waals surface area contributed by atoms with Gasteiger partial charge in [-0.3, -0.25) is 0 Å². The Labute approximate surface area is 179 Å². The smallest absolute Gasteiger partial charge is 0.148 e. The van der Waals surface area contributed by atoms with Gasteiger partial charge in [0.2, 0.25) is 0 Å². The molecule has 4 heterocycles. The maximum absolute atomic E-state index is 6.33. The molecule has 1 fully saturated rings. The molecule has 3 atom stereocenters. The van der Waals surface area contributed by atoms with Crippen LogP contribution in [0.4, 0.5) is 11.6 Å². The number of nitrogens with two attached hydrogens (primary N) is 2. The van der Waals surface area contributed by atoms with Gasteiger partial charge in [0.05, 0.1) is 22.6 Å². The molecule has 0 saturated carbocycles. The highest BCUT2D eigenvalue weighted by Crippen LogP contribution is 2.37. The molecule has 5 rings (SSSR count). The third-order valence-corrected chi connectivity index (χ3v) is 5.74. The fraction of sp³-hybridized carbons (Fsp3) is 0.261. The Hall–Kier alpha value is -3.83. The van der Waals surface area contributed by atoms with Crippen molar-refractivity contribution >= 4 is 33.6 Å². The van der Waals surface area contributed by atoms with Crippen LogP contribution in [0.5, 0.6) is 5.75 Å². The number of anilines is 2. The topological polar surface area (TPSA) is 114 Å². The van der Waals surface area contributed by atoms with E-state index in [1.807, 2.05) is 35.0 Å². The number of nitrogen functional groups attached to an aromatic ring is 2. The van der Waals surface area contributed by atoms with Crippen LogP contribution in [0.2, 0.25) is 0 Å². The maximum Gasteiger partial charge on any atom is 0.148 e. The van der Waals surface area contributed by atoms with Gasteiger partial charge in [0, 0.05) is 17.6 Å². The molecule has 1 aliphatic heterocycles. The summed E-state index contributed by atoms with van der Waals surface area (Å²) in [6, 6.07) is 9.51. The van der Waals surface area contributed by atoms with E-state index in [1.54, 1.807) is 6.07 Å². The monoisotopic (exact) mass is 414 g/mol. The van der Waals surface area contributed by atoms with Crippen molar-refractivity contribution in [2.75, 3.05) is 18.1 Å². The lowest BCUT2D eigenvalue weighted by atomic mass is 10.0. The minimum atomic E-state index is -0.208. The summed E-state index contributed by atoms with van der Waals surface area (Å²) in [6.07, 6.45) is 9.48. The van der Waals surface area contributed by atoms with Crippen molar-refractivity contribution in [1.82, 2.24) is 19.5 Å². The normalized spacial score (nSPS) is 20.8. The Morgan fingerprint density at radius 3 is 2.94 bits per heavy atom. The first-order valence-corrected chi connectivity index (χ1v) is 10.1. The van der Waals surface area contributed by atoms with Crippen LogP contribution in [0, 0.1) is 18.3 Å². The van der Waals surface area contributed by atoms with Crippen molar-refractivity contribution in [3.8, 4) is 18.1 Å². The van der Waals surface area contributed by atoms with Gasteiger partial charge in [-0.2, -0.15) is 0 Å². The molecule has 4 aromatic rings. The lowest BCUT2D eigenvalue weighted by Crippen LogP contribution is -2.23. The maximum atomic E-state index is 6.33. The predicted octanol–water partition coefficient (Wildman–Crippen LogP) is 3.13. The molecule has 4 N–H and O–H groups in total. The molecule has 0 radical (unpaired) electrons. The first-order valence-electron chi connectivity index (χ1n) is 10.1. The second-order valence-corrected chi connectivity index (χ2v) is 7.80. The average Bonchev–Trinajstić information content (AvgIpc) is 3.32. The summed E-state index contributed by atoms with van der Waals surface area (Å²) in [5, 5.41) is 1.70. The van der Waals surface area contributed by atoms with E-state index in [0.29, 0.717) is 34.8 Å². The molecule has 0 aliphatic carbocycles. The molecule has 8 nitrogen and oxygen atoms in total. The van der Waals surface area contributed by atoms with Gasteiger partial charge in [-0.05, 0) is 36.6 Å². The molecule has 8 heteroatoms. The van der Waals surface area contributed by atoms with Crippen LogP contribution >= 0.6 is 0 Å². The first kappa shape index (κ1) is 19.2. The summed E-state index contributed by atoms with van der Waals surface area (Å²) >= 11 is 0. The molecule has 0 spiro atoms. The van der Waals surface area contributed by atoms with Crippen molar-refractivity contribution in [3.63, 3.8) is 0 Å². The summed E-state index contributed by atoms with van der Waals surface area (Å²) < 4.78 is 14.3. The van der Waals surface area contributed by atoms with Gasteiger partial charge in [-0.25, -0.2) is 15.0 Å². The number of rotatable bonds is 4. The highest BCUT2D eigenvalue weighted by Gasteiger charge is 2.35. The van der Waals surface area contributed by atoms with E-state index in [1.165, 1.54) is 6.33 Å². The number of hydrogen-bond donors (Lipinski definition) is 2. The predicted molar refractivity (Wildman–Crippen MR) is 119 cm³/mol. The standard InChI is InChI=1S/C23H22N6O2/c1-3-14-10-29(23-21(14)22(25)26-12-27-23)20-8-13(2)18(31-20)11-30-16-6-4-15-5-7-19(24)28-17(15)9-16/h1,4-7,9-10,12-13,18,20H,8,11H2,2H3,(H2,24,28)(H2,25,26,27)/t13?,18?,20-/m1/s1. The lowest BCUT2D eigenvalue weighted by Gasteiger charge is -2.17. The number of fused-ring (bicyclic) bond motifs is 2. The van der Waals surface area contributed by atoms with Gasteiger partial charge in [0.25, 0.3) is 0 Å². The van der Waals surface area contributed by atoms with Gasteiger partial charge in [-0.1, -0.05) is 12.8 Å². The van der Waals surface area contributed by atoms with Crippen molar-refractivity contribution in [1.29, 1.82) is 0 Å². The van der Waals surface area contributed by atoms with E-state index in [9.17, 15) is 0 Å². The molecule has 1 aromatic carbocycles. The molecule has 31 heavy (non-hydrogen) atoms. The Morgan fingerprint density at radius 2 is 2.10 bits per heavy atom. The van der Waals surface area contributed by atoms with Gasteiger partial charge in [-0.15, -0.1) is 6.42 Å². The Kier molecular flexibility index (Phi) is 4.60. The quantitative estimate of drug-likeness (QED) is 0.493. The van der Waals surface area contributed by atoms with Crippen LogP contribution in [0.15, 0.2) is 42.9 Å². The van der Waals surface area contributed by atoms with Gasteiger partial charge in [0.1, 0.15) is 42.2 Å². The number of hydrogen-bond acceptors (Lipinski definition) is 7. The van der Waals surface area contributed by atoms with E-state index < -0.39 is 0 Å². The van der Waals surface area contributed by atoms with Crippen molar-refractivity contribution in [3.05, 3.63) is 48.4 Å². The zero-order valence-electron chi connectivity index (χ0n) is 17.0. The zero-order chi connectivity index (χ0) is 21.5. The van der Waals surface area contributed by atoms with Crippen LogP contribution in [0.25, 0.3) is 21.9 Å². The fourth-order valence-electron chi connectivity index (χ4n) is 4.06. The minimum absolute atomic E-state index is 0.0829. The molecule has 1 aliphatic rings. The SMILES string of the molecule is C#Cc1cn([C@H]2CC(C)C(COc3ccc4ccc(N)nc4c3)O2)c2ncnc(N)c12. The first-order chi connectivity index (χ1) is 15.0. The Morgan fingerprint density at radius 1 is 1.26 bits per heavy atom. The molecule has 1 saturated heterocycles. The van der Waals surface area contributed by atoms with Crippen LogP contribution in [0.1, 0.15) is 25.1 Å². The van der Waals surface area contributed by atoms with Gasteiger partial charge < -0.3 is 25.5 Å². The Balaban J connectivity index is 1.34. The number of ether oxygens (including phenoxy) is 2. The Bertz CT molecular complexity index is 1330. The summed E-state index contributed by atoms with van der Waals surface area (Å²) in [4.78, 5) is 12.8. The van der Waals surface area contributed by atoms with E-state index in [0.717, 1.165) is 23.1 Å². The lowest BCUT2D eigenvalue weighted by molar-refractivity contribution is -0.0224. The largest absolute Gasteiger partial charge is 0.491 e. The summed E-state index contributed by atoms with van der Waals surface area (Å²) in [6.45, 7) is 2.57. The molecular weight excluding hydrogens is 392 g/mol. The van der Waals surface area contributed by atoms with Crippen LogP contribution in [-0.4, -0.2) is 32.2 Å². The number of nitrogens with zero attached hydrogens (tertiary/aromatic N) is 4. The van der Waals surface area contributed by atoms with Crippen LogP contribution < -0.4 is 16.2 Å². The second kappa shape index (κ2) is 7.45. The van der Waals surface area contributed by atoms with E-state index >= 15 is 0 Å². The van der Waals surface area contributed by atoms with Crippen molar-refractivity contribution in [2.24, 2.45) is 5.92 Å². The zero-order valence-corrected chi connectivity index (χ0v) is 17.0. The molecular formula is C23H22N6O2. The molecule has 0 bridgehead atoms. The van der Waals surface area contributed by atoms with Crippen LogP contribution in [-0.2, 0) is 4.74 Å². The highest BCUT2D eigenvalue weighted by molar-refractivity contribution is 5.92. The van der Waals surface area contributed by atoms with Crippen LogP contribution in [0.3, 0.4) is 0 Å². The number of aromatic nitrogens is 4. The number of terminal acetylenes is 1. The average molecular weight is 414 g/mol. The summed E-state index contributed by atoms with van der Waals surface area (Å²) in [5.41, 5.74) is 14.0. The second-order valence-electron chi connectivity index (χ2n) is 7.80. The van der Waals surface area contributed by atoms with Gasteiger partial charge in [0.15, 0.2) is 0 Å². The molecule has 0 amide bonds. The summed E-state index contributed by atoms with van der Waals surface area (Å²) in [7, 11) is 0. The minimum Gasteiger partial charge on any atom is -0.491 e. The van der Waals surface area contributed by atoms with E-state index in [4.69, 9.17) is 27.4 Å².